The lowest BCUT2D eigenvalue weighted by Crippen LogP contribution is -2.30. The van der Waals surface area contributed by atoms with Gasteiger partial charge in [-0.05, 0) is 25.2 Å². The Labute approximate surface area is 329 Å². The van der Waals surface area contributed by atoms with Crippen LogP contribution in [0.25, 0.3) is 0 Å². The molecule has 53 heavy (non-hydrogen) atoms. The zero-order chi connectivity index (χ0) is 38.9. The van der Waals surface area contributed by atoms with Gasteiger partial charge in [0.2, 0.25) is 0 Å². The fourth-order valence-corrected chi connectivity index (χ4v) is 6.98. The van der Waals surface area contributed by atoms with Gasteiger partial charge in [0.25, 0.3) is 0 Å². The van der Waals surface area contributed by atoms with E-state index in [1.54, 1.807) is 0 Å². The van der Waals surface area contributed by atoms with Crippen molar-refractivity contribution in [1.29, 1.82) is 0 Å². The Morgan fingerprint density at radius 2 is 0.623 bits per heavy atom. The van der Waals surface area contributed by atoms with Crippen LogP contribution in [-0.4, -0.2) is 37.2 Å². The van der Waals surface area contributed by atoms with Crippen LogP contribution < -0.4 is 0 Å². The zero-order valence-electron chi connectivity index (χ0n) is 36.0. The van der Waals surface area contributed by atoms with E-state index in [0.29, 0.717) is 19.3 Å². The van der Waals surface area contributed by atoms with Gasteiger partial charge in [0, 0.05) is 19.3 Å². The molecule has 0 spiro atoms. The molecule has 0 radical (unpaired) electrons. The number of hydrogen-bond acceptors (Lipinski definition) is 6. The molecule has 0 unspecified atom stereocenters. The van der Waals surface area contributed by atoms with Crippen molar-refractivity contribution in [2.75, 3.05) is 13.2 Å². The first-order chi connectivity index (χ1) is 25.9. The zero-order valence-corrected chi connectivity index (χ0v) is 36.0. The summed E-state index contributed by atoms with van der Waals surface area (Å²) in [6.07, 6.45) is 40.9. The van der Waals surface area contributed by atoms with Crippen LogP contribution in [0.3, 0.4) is 0 Å². The minimum Gasteiger partial charge on any atom is -0.462 e. The van der Waals surface area contributed by atoms with Crippen LogP contribution >= 0.6 is 0 Å². The number of unbranched alkanes of at least 4 members (excludes halogenated alkanes) is 29. The summed E-state index contributed by atoms with van der Waals surface area (Å²) in [5.74, 6) is -0.0122. The normalized spacial score (nSPS) is 11.9. The lowest BCUT2D eigenvalue weighted by Gasteiger charge is -2.18. The topological polar surface area (TPSA) is 78.9 Å². The van der Waals surface area contributed by atoms with Crippen molar-refractivity contribution >= 4 is 17.9 Å². The van der Waals surface area contributed by atoms with Gasteiger partial charge in [-0.1, -0.05) is 220 Å². The second-order valence-corrected chi connectivity index (χ2v) is 16.5. The van der Waals surface area contributed by atoms with Gasteiger partial charge in [0.15, 0.2) is 6.10 Å². The third kappa shape index (κ3) is 41.4. The van der Waals surface area contributed by atoms with Crippen LogP contribution in [0.5, 0.6) is 0 Å². The van der Waals surface area contributed by atoms with E-state index in [4.69, 9.17) is 14.2 Å². The largest absolute Gasteiger partial charge is 0.462 e. The summed E-state index contributed by atoms with van der Waals surface area (Å²) >= 11 is 0. The Morgan fingerprint density at radius 3 is 0.925 bits per heavy atom. The van der Waals surface area contributed by atoms with Crippen LogP contribution in [0.2, 0.25) is 0 Å². The highest BCUT2D eigenvalue weighted by atomic mass is 16.6. The van der Waals surface area contributed by atoms with Gasteiger partial charge in [-0.2, -0.15) is 0 Å². The van der Waals surface area contributed by atoms with Gasteiger partial charge in [-0.25, -0.2) is 0 Å². The number of carbonyl (C=O) groups excluding carboxylic acids is 3. The lowest BCUT2D eigenvalue weighted by molar-refractivity contribution is -0.167. The fourth-order valence-electron chi connectivity index (χ4n) is 6.98. The molecule has 0 aliphatic carbocycles. The molecule has 0 heterocycles. The smallest absolute Gasteiger partial charge is 0.306 e. The minimum atomic E-state index is -0.758. The van der Waals surface area contributed by atoms with Gasteiger partial charge in [0.1, 0.15) is 13.2 Å². The Hall–Kier alpha value is -1.59. The summed E-state index contributed by atoms with van der Waals surface area (Å²) in [5, 5.41) is 0. The third-order valence-electron chi connectivity index (χ3n) is 10.5. The molecule has 0 aromatic rings. The van der Waals surface area contributed by atoms with E-state index in [1.165, 1.54) is 154 Å². The number of hydrogen-bond donors (Lipinski definition) is 0. The second-order valence-electron chi connectivity index (χ2n) is 16.5. The van der Waals surface area contributed by atoms with Crippen LogP contribution in [0.4, 0.5) is 0 Å². The summed E-state index contributed by atoms with van der Waals surface area (Å²) in [5.41, 5.74) is 0. The van der Waals surface area contributed by atoms with Crippen LogP contribution in [0, 0.1) is 5.92 Å². The molecule has 314 valence electrons. The average Bonchev–Trinajstić information content (AvgIpc) is 3.14. The maximum Gasteiger partial charge on any atom is 0.306 e. The minimum absolute atomic E-state index is 0.0637. The molecule has 6 heteroatoms. The first-order valence-electron chi connectivity index (χ1n) is 23.4. The van der Waals surface area contributed by atoms with Gasteiger partial charge < -0.3 is 14.2 Å². The Morgan fingerprint density at radius 1 is 0.358 bits per heavy atom. The molecule has 0 rings (SSSR count). The van der Waals surface area contributed by atoms with E-state index < -0.39 is 6.10 Å². The molecule has 0 N–H and O–H groups in total. The Kier molecular flexibility index (Phi) is 40.3. The molecule has 0 aliphatic rings. The predicted molar refractivity (Wildman–Crippen MR) is 224 cm³/mol. The highest BCUT2D eigenvalue weighted by Gasteiger charge is 2.19. The number of rotatable bonds is 42. The summed E-state index contributed by atoms with van der Waals surface area (Å²) in [7, 11) is 0. The van der Waals surface area contributed by atoms with E-state index in [2.05, 4.69) is 27.7 Å². The lowest BCUT2D eigenvalue weighted by atomic mass is 10.0. The predicted octanol–water partition coefficient (Wildman–Crippen LogP) is 14.7. The first-order valence-corrected chi connectivity index (χ1v) is 23.4. The van der Waals surface area contributed by atoms with Crippen molar-refractivity contribution in [1.82, 2.24) is 0 Å². The molecule has 0 aliphatic heterocycles. The van der Waals surface area contributed by atoms with Crippen molar-refractivity contribution in [3.8, 4) is 0 Å². The quantitative estimate of drug-likeness (QED) is 0.0351. The molecule has 0 saturated carbocycles. The van der Waals surface area contributed by atoms with Gasteiger partial charge in [-0.3, -0.25) is 14.4 Å². The molecule has 0 amide bonds. The summed E-state index contributed by atoms with van der Waals surface area (Å²) < 4.78 is 16.7. The van der Waals surface area contributed by atoms with E-state index >= 15 is 0 Å². The van der Waals surface area contributed by atoms with Crippen LogP contribution in [0.15, 0.2) is 0 Å². The summed E-state index contributed by atoms with van der Waals surface area (Å²) in [6, 6.07) is 0. The highest BCUT2D eigenvalue weighted by Crippen LogP contribution is 2.16. The highest BCUT2D eigenvalue weighted by molar-refractivity contribution is 5.71. The maximum atomic E-state index is 12.6. The molecule has 6 nitrogen and oxygen atoms in total. The SMILES string of the molecule is CCCCCCCCCCCC(=O)OC[C@H](COC(=O)CCCCCCCCCCCCCCCCC(C)C)OC(=O)CCCCCCCCCCC. The molecule has 1 atom stereocenters. The van der Waals surface area contributed by atoms with E-state index in [-0.39, 0.29) is 31.1 Å². The van der Waals surface area contributed by atoms with E-state index in [1.807, 2.05) is 0 Å². The van der Waals surface area contributed by atoms with Gasteiger partial charge >= 0.3 is 17.9 Å². The van der Waals surface area contributed by atoms with Crippen molar-refractivity contribution in [3.63, 3.8) is 0 Å². The van der Waals surface area contributed by atoms with Crippen molar-refractivity contribution in [3.05, 3.63) is 0 Å². The van der Waals surface area contributed by atoms with Crippen molar-refractivity contribution < 1.29 is 28.6 Å². The number of ether oxygens (including phenoxy) is 3. The molecule has 0 aromatic heterocycles. The van der Waals surface area contributed by atoms with Crippen molar-refractivity contribution in [2.45, 2.75) is 265 Å². The molecule has 0 bridgehead atoms. The molecule has 0 fully saturated rings. The molecular weight excluding hydrogens is 661 g/mol. The van der Waals surface area contributed by atoms with Crippen LogP contribution in [0.1, 0.15) is 259 Å². The first kappa shape index (κ1) is 51.4. The Bertz CT molecular complexity index is 796. The fraction of sp³-hybridized carbons (Fsp3) is 0.936. The van der Waals surface area contributed by atoms with E-state index in [9.17, 15) is 14.4 Å². The summed E-state index contributed by atoms with van der Waals surface area (Å²) in [6.45, 7) is 8.98. The van der Waals surface area contributed by atoms with Gasteiger partial charge in [-0.15, -0.1) is 0 Å². The maximum absolute atomic E-state index is 12.6. The molecular formula is C47H90O6. The van der Waals surface area contributed by atoms with Gasteiger partial charge in [0.05, 0.1) is 0 Å². The van der Waals surface area contributed by atoms with E-state index in [0.717, 1.165) is 63.7 Å². The number of esters is 3. The standard InChI is InChI=1S/C47H90O6/c1-5-7-9-11-13-21-26-30-34-38-45(48)51-41-44(53-47(50)40-36-32-28-22-14-12-10-8-6-2)42-52-46(49)39-35-31-27-24-20-18-16-15-17-19-23-25-29-33-37-43(3)4/h43-44H,5-42H2,1-4H3/t44-/m1/s1. The molecule has 0 saturated heterocycles. The Balaban J connectivity index is 4.22. The second kappa shape index (κ2) is 41.6. The molecule has 0 aromatic carbocycles. The summed E-state index contributed by atoms with van der Waals surface area (Å²) in [4.78, 5) is 37.6. The monoisotopic (exact) mass is 751 g/mol. The third-order valence-corrected chi connectivity index (χ3v) is 10.5. The average molecular weight is 751 g/mol. The van der Waals surface area contributed by atoms with Crippen molar-refractivity contribution in [2.24, 2.45) is 5.92 Å². The van der Waals surface area contributed by atoms with Crippen LogP contribution in [-0.2, 0) is 28.6 Å². The number of carbonyl (C=O) groups is 3.